The van der Waals surface area contributed by atoms with Crippen LogP contribution in [0.25, 0.3) is 0 Å². The first-order chi connectivity index (χ1) is 13.7. The number of carbonyl (C=O) groups excluding carboxylic acids is 1. The number of carbonyl (C=O) groups is 1. The standard InChI is InChI=1S/C22H19BrFN3OS/c1-22(2)9-15-20(16(28)10-22)19(17-7-8-18(23)29-17)12(11-25)21(26)27(15)14-6-4-3-5-13(14)24/h3-8,19H,9-10,26H2,1-2H3. The van der Waals surface area contributed by atoms with Crippen LogP contribution in [-0.4, -0.2) is 5.78 Å². The molecule has 1 aromatic carbocycles. The molecule has 1 aliphatic carbocycles. The van der Waals surface area contributed by atoms with E-state index >= 15 is 0 Å². The van der Waals surface area contributed by atoms with Crippen molar-refractivity contribution in [2.45, 2.75) is 32.6 Å². The predicted octanol–water partition coefficient (Wildman–Crippen LogP) is 5.59. The van der Waals surface area contributed by atoms with E-state index in [1.807, 2.05) is 26.0 Å². The molecule has 2 aliphatic rings. The summed E-state index contributed by atoms with van der Waals surface area (Å²) in [6.07, 6.45) is 0.934. The molecule has 0 fully saturated rings. The first kappa shape index (κ1) is 19.9. The molecule has 1 atom stereocenters. The number of para-hydroxylation sites is 1. The van der Waals surface area contributed by atoms with E-state index in [0.29, 0.717) is 24.1 Å². The van der Waals surface area contributed by atoms with Crippen molar-refractivity contribution in [1.29, 1.82) is 5.26 Å². The van der Waals surface area contributed by atoms with Crippen molar-refractivity contribution in [2.75, 3.05) is 4.90 Å². The molecule has 0 saturated carbocycles. The van der Waals surface area contributed by atoms with Gasteiger partial charge in [-0.1, -0.05) is 26.0 Å². The minimum absolute atomic E-state index is 0.0210. The molecular weight excluding hydrogens is 453 g/mol. The van der Waals surface area contributed by atoms with Crippen LogP contribution in [0.3, 0.4) is 0 Å². The van der Waals surface area contributed by atoms with Gasteiger partial charge in [0.25, 0.3) is 0 Å². The summed E-state index contributed by atoms with van der Waals surface area (Å²) < 4.78 is 15.6. The zero-order valence-corrected chi connectivity index (χ0v) is 18.4. The van der Waals surface area contributed by atoms with Crippen LogP contribution >= 0.6 is 27.3 Å². The summed E-state index contributed by atoms with van der Waals surface area (Å²) in [5.41, 5.74) is 7.94. The Balaban J connectivity index is 2.02. The van der Waals surface area contributed by atoms with Crippen molar-refractivity contribution in [3.05, 3.63) is 73.5 Å². The Hall–Kier alpha value is -2.43. The fourth-order valence-electron chi connectivity index (χ4n) is 4.19. The number of thiophene rings is 1. The number of Topliss-reactive ketones (excluding diaryl/α,β-unsaturated/α-hetero) is 1. The molecule has 0 bridgehead atoms. The molecule has 2 aromatic rings. The quantitative estimate of drug-likeness (QED) is 0.619. The molecular formula is C22H19BrFN3OS. The van der Waals surface area contributed by atoms with Crippen LogP contribution in [0.4, 0.5) is 10.1 Å². The highest BCUT2D eigenvalue weighted by Crippen LogP contribution is 2.51. The molecule has 4 rings (SSSR count). The fraction of sp³-hybridized carbons (Fsp3) is 0.273. The van der Waals surface area contributed by atoms with E-state index in [0.717, 1.165) is 8.66 Å². The number of benzene rings is 1. The summed E-state index contributed by atoms with van der Waals surface area (Å²) in [7, 11) is 0. The van der Waals surface area contributed by atoms with E-state index in [9.17, 15) is 14.4 Å². The van der Waals surface area contributed by atoms with Gasteiger partial charge in [-0.25, -0.2) is 4.39 Å². The van der Waals surface area contributed by atoms with Gasteiger partial charge in [-0.2, -0.15) is 5.26 Å². The molecule has 0 amide bonds. The lowest BCUT2D eigenvalue weighted by atomic mass is 9.69. The molecule has 2 heterocycles. The number of hydrogen-bond donors (Lipinski definition) is 1. The fourth-order valence-corrected chi connectivity index (χ4v) is 5.73. The second-order valence-corrected chi connectivity index (χ2v) is 10.6. The summed E-state index contributed by atoms with van der Waals surface area (Å²) in [6.45, 7) is 4.04. The second-order valence-electron chi connectivity index (χ2n) is 8.07. The number of nitrogens with zero attached hydrogens (tertiary/aromatic N) is 2. The molecule has 148 valence electrons. The molecule has 29 heavy (non-hydrogen) atoms. The van der Waals surface area contributed by atoms with Crippen molar-refractivity contribution in [3.8, 4) is 6.07 Å². The molecule has 7 heteroatoms. The lowest BCUT2D eigenvalue weighted by molar-refractivity contribution is -0.118. The Kier molecular flexibility index (Phi) is 4.88. The molecule has 4 nitrogen and oxygen atoms in total. The normalized spacial score (nSPS) is 21.3. The molecule has 0 saturated heterocycles. The van der Waals surface area contributed by atoms with Crippen LogP contribution in [0.1, 0.15) is 37.5 Å². The van der Waals surface area contributed by atoms with E-state index in [-0.39, 0.29) is 28.3 Å². The first-order valence-electron chi connectivity index (χ1n) is 9.19. The lowest BCUT2D eigenvalue weighted by Crippen LogP contribution is -2.42. The van der Waals surface area contributed by atoms with Gasteiger partial charge in [-0.15, -0.1) is 11.3 Å². The average molecular weight is 472 g/mol. The summed E-state index contributed by atoms with van der Waals surface area (Å²) in [5, 5.41) is 9.96. The molecule has 1 unspecified atom stereocenters. The highest BCUT2D eigenvalue weighted by atomic mass is 79.9. The van der Waals surface area contributed by atoms with E-state index in [2.05, 4.69) is 22.0 Å². The van der Waals surface area contributed by atoms with Gasteiger partial charge in [-0.05, 0) is 52.0 Å². The SMILES string of the molecule is CC1(C)CC(=O)C2=C(C1)N(c1ccccc1F)C(N)=C(C#N)C2c1ccc(Br)s1. The van der Waals surface area contributed by atoms with Gasteiger partial charge in [0, 0.05) is 22.6 Å². The van der Waals surface area contributed by atoms with Crippen molar-refractivity contribution in [1.82, 2.24) is 0 Å². The largest absolute Gasteiger partial charge is 0.384 e. The third kappa shape index (κ3) is 3.30. The number of ketones is 1. The van der Waals surface area contributed by atoms with Gasteiger partial charge in [0.05, 0.1) is 27.0 Å². The summed E-state index contributed by atoms with van der Waals surface area (Å²) in [6, 6.07) is 12.3. The van der Waals surface area contributed by atoms with Gasteiger partial charge >= 0.3 is 0 Å². The third-order valence-corrected chi connectivity index (χ3v) is 7.04. The Bertz CT molecular complexity index is 1130. The van der Waals surface area contributed by atoms with Gasteiger partial charge in [0.15, 0.2) is 5.78 Å². The van der Waals surface area contributed by atoms with Gasteiger partial charge in [0.1, 0.15) is 11.6 Å². The van der Waals surface area contributed by atoms with Crippen molar-refractivity contribution in [2.24, 2.45) is 11.1 Å². The topological polar surface area (TPSA) is 70.1 Å². The minimum Gasteiger partial charge on any atom is -0.384 e. The Morgan fingerprint density at radius 3 is 2.62 bits per heavy atom. The van der Waals surface area contributed by atoms with Crippen LogP contribution < -0.4 is 10.6 Å². The molecule has 0 radical (unpaired) electrons. The summed E-state index contributed by atoms with van der Waals surface area (Å²) in [5.74, 6) is -0.825. The maximum atomic E-state index is 14.7. The maximum absolute atomic E-state index is 14.7. The number of rotatable bonds is 2. The number of nitriles is 1. The number of halogens is 2. The van der Waals surface area contributed by atoms with Crippen LogP contribution in [-0.2, 0) is 4.79 Å². The number of anilines is 1. The van der Waals surface area contributed by atoms with Crippen LogP contribution in [0.5, 0.6) is 0 Å². The van der Waals surface area contributed by atoms with Crippen LogP contribution in [0.2, 0.25) is 0 Å². The minimum atomic E-state index is -0.530. The van der Waals surface area contributed by atoms with Crippen LogP contribution in [0, 0.1) is 22.6 Å². The predicted molar refractivity (Wildman–Crippen MR) is 116 cm³/mol. The van der Waals surface area contributed by atoms with Crippen molar-refractivity contribution < 1.29 is 9.18 Å². The third-order valence-electron chi connectivity index (χ3n) is 5.35. The van der Waals surface area contributed by atoms with Gasteiger partial charge in [0.2, 0.25) is 0 Å². The molecule has 0 spiro atoms. The average Bonchev–Trinajstić information content (AvgIpc) is 3.07. The lowest BCUT2D eigenvalue weighted by Gasteiger charge is -2.43. The number of hydrogen-bond acceptors (Lipinski definition) is 5. The molecule has 1 aromatic heterocycles. The Morgan fingerprint density at radius 2 is 2.00 bits per heavy atom. The highest BCUT2D eigenvalue weighted by Gasteiger charge is 2.45. The smallest absolute Gasteiger partial charge is 0.162 e. The van der Waals surface area contributed by atoms with Gasteiger partial charge < -0.3 is 5.73 Å². The van der Waals surface area contributed by atoms with E-state index in [4.69, 9.17) is 5.73 Å². The molecule has 2 N–H and O–H groups in total. The van der Waals surface area contributed by atoms with E-state index < -0.39 is 11.7 Å². The van der Waals surface area contributed by atoms with Crippen molar-refractivity contribution in [3.63, 3.8) is 0 Å². The van der Waals surface area contributed by atoms with E-state index in [1.165, 1.54) is 17.4 Å². The van der Waals surface area contributed by atoms with E-state index in [1.54, 1.807) is 23.1 Å². The molecule has 1 aliphatic heterocycles. The van der Waals surface area contributed by atoms with Crippen molar-refractivity contribution >= 4 is 38.7 Å². The van der Waals surface area contributed by atoms with Gasteiger partial charge in [-0.3, -0.25) is 9.69 Å². The maximum Gasteiger partial charge on any atom is 0.162 e. The Labute approximate surface area is 181 Å². The zero-order valence-electron chi connectivity index (χ0n) is 16.0. The summed E-state index contributed by atoms with van der Waals surface area (Å²) >= 11 is 4.93. The highest BCUT2D eigenvalue weighted by molar-refractivity contribution is 9.11. The number of nitrogens with two attached hydrogens (primary N) is 1. The van der Waals surface area contributed by atoms with Crippen LogP contribution in [0.15, 0.2) is 62.8 Å². The summed E-state index contributed by atoms with van der Waals surface area (Å²) in [4.78, 5) is 15.7. The monoisotopic (exact) mass is 471 g/mol. The second kappa shape index (κ2) is 7.12. The Morgan fingerprint density at radius 1 is 1.28 bits per heavy atom. The first-order valence-corrected chi connectivity index (χ1v) is 10.8. The zero-order chi connectivity index (χ0) is 20.9. The number of allylic oxidation sites excluding steroid dienone is 3.